The van der Waals surface area contributed by atoms with Crippen LogP contribution >= 0.6 is 11.8 Å². The quantitative estimate of drug-likeness (QED) is 0.0540. The second-order valence-corrected chi connectivity index (χ2v) is 12.7. The van der Waals surface area contributed by atoms with E-state index in [1.165, 1.54) is 11.8 Å². The summed E-state index contributed by atoms with van der Waals surface area (Å²) in [7, 11) is 1.81. The molecule has 3 aromatic carbocycles. The van der Waals surface area contributed by atoms with Crippen LogP contribution in [0.1, 0.15) is 79.6 Å². The number of carbonyl (C=O) groups excluding carboxylic acids is 2. The molecule has 1 saturated heterocycles. The summed E-state index contributed by atoms with van der Waals surface area (Å²) in [5, 5.41) is 33.6. The number of aliphatic hydroxyl groups is 1. The molecule has 48 heavy (non-hydrogen) atoms. The van der Waals surface area contributed by atoms with Gasteiger partial charge in [-0.25, -0.2) is 10.2 Å². The zero-order valence-corrected chi connectivity index (χ0v) is 27.8. The Balaban J connectivity index is 1.21. The Hall–Kier alpha value is -4.14. The molecule has 0 saturated carbocycles. The van der Waals surface area contributed by atoms with Crippen LogP contribution in [0, 0.1) is 0 Å². The molecule has 0 aliphatic carbocycles. The fraction of sp³-hybridized carbons (Fsp3) is 0.400. The van der Waals surface area contributed by atoms with E-state index in [9.17, 15) is 14.7 Å². The van der Waals surface area contributed by atoms with Gasteiger partial charge in [-0.2, -0.15) is 0 Å². The Morgan fingerprint density at radius 1 is 0.917 bits per heavy atom. The maximum atomic E-state index is 12.5. The molecule has 0 unspecified atom stereocenters. The van der Waals surface area contributed by atoms with Gasteiger partial charge in [-0.3, -0.25) is 14.8 Å². The van der Waals surface area contributed by atoms with Gasteiger partial charge in [-0.15, -0.1) is 5.10 Å². The number of carbonyl (C=O) groups is 2. The third-order valence-electron chi connectivity index (χ3n) is 8.26. The van der Waals surface area contributed by atoms with E-state index in [2.05, 4.69) is 33.0 Å². The van der Waals surface area contributed by atoms with E-state index in [0.29, 0.717) is 36.7 Å². The Labute approximate surface area is 284 Å². The van der Waals surface area contributed by atoms with E-state index in [1.807, 2.05) is 67.7 Å². The first kappa shape index (κ1) is 35.2. The molecule has 3 atom stereocenters. The average molecular weight is 675 g/mol. The molecule has 12 nitrogen and oxygen atoms in total. The monoisotopic (exact) mass is 674 g/mol. The molecular weight excluding hydrogens is 632 g/mol. The van der Waals surface area contributed by atoms with Gasteiger partial charge in [0.15, 0.2) is 6.29 Å². The lowest BCUT2D eigenvalue weighted by atomic mass is 9.97. The van der Waals surface area contributed by atoms with Crippen LogP contribution in [-0.4, -0.2) is 54.2 Å². The molecule has 5 rings (SSSR count). The normalized spacial score (nSPS) is 17.6. The number of aromatic nitrogens is 4. The largest absolute Gasteiger partial charge is 0.392 e. The van der Waals surface area contributed by atoms with Gasteiger partial charge in [0.05, 0.1) is 18.8 Å². The number of tetrazole rings is 1. The maximum absolute atomic E-state index is 12.5. The molecule has 1 aliphatic rings. The lowest BCUT2D eigenvalue weighted by Crippen LogP contribution is -2.31. The Kier molecular flexibility index (Phi) is 13.1. The number of unbranched alkanes of at least 4 members (excludes halogenated alkanes) is 3. The summed E-state index contributed by atoms with van der Waals surface area (Å²) in [4.78, 5) is 23.6. The van der Waals surface area contributed by atoms with E-state index in [-0.39, 0.29) is 37.0 Å². The van der Waals surface area contributed by atoms with Crippen LogP contribution < -0.4 is 10.8 Å². The fourth-order valence-electron chi connectivity index (χ4n) is 5.57. The van der Waals surface area contributed by atoms with Crippen LogP contribution in [-0.2, 0) is 39.3 Å². The number of rotatable bonds is 16. The third kappa shape index (κ3) is 9.94. The summed E-state index contributed by atoms with van der Waals surface area (Å²) in [5.41, 5.74) is 7.47. The Bertz CT molecular complexity index is 1620. The molecule has 0 spiro atoms. The highest BCUT2D eigenvalue weighted by Gasteiger charge is 2.32. The van der Waals surface area contributed by atoms with Crippen LogP contribution in [0.5, 0.6) is 0 Å². The van der Waals surface area contributed by atoms with Crippen LogP contribution in [0.25, 0.3) is 11.1 Å². The van der Waals surface area contributed by atoms with E-state index < -0.39 is 6.29 Å². The van der Waals surface area contributed by atoms with Crippen molar-refractivity contribution in [3.05, 3.63) is 95.1 Å². The summed E-state index contributed by atoms with van der Waals surface area (Å²) in [6, 6.07) is 24.0. The van der Waals surface area contributed by atoms with Crippen LogP contribution in [0.15, 0.2) is 78.0 Å². The second-order valence-electron chi connectivity index (χ2n) is 11.8. The van der Waals surface area contributed by atoms with Crippen LogP contribution in [0.2, 0.25) is 0 Å². The van der Waals surface area contributed by atoms with Gasteiger partial charge >= 0.3 is 0 Å². The first-order valence-corrected chi connectivity index (χ1v) is 17.2. The number of hydrogen-bond acceptors (Lipinski definition) is 10. The van der Waals surface area contributed by atoms with Crippen LogP contribution in [0.3, 0.4) is 0 Å². The first-order chi connectivity index (χ1) is 23.4. The zero-order valence-electron chi connectivity index (χ0n) is 27.0. The lowest BCUT2D eigenvalue weighted by Gasteiger charge is -2.36. The lowest BCUT2D eigenvalue weighted by molar-refractivity contribution is -0.245. The number of benzene rings is 3. The molecule has 1 aliphatic heterocycles. The van der Waals surface area contributed by atoms with E-state index in [1.54, 1.807) is 10.2 Å². The van der Waals surface area contributed by atoms with Gasteiger partial charge < -0.3 is 19.9 Å². The van der Waals surface area contributed by atoms with Gasteiger partial charge in [0.1, 0.15) is 0 Å². The molecule has 1 aromatic heterocycles. The van der Waals surface area contributed by atoms with Gasteiger partial charge in [0.25, 0.3) is 0 Å². The minimum Gasteiger partial charge on any atom is -0.392 e. The SMILES string of the molecule is Cn1nnnc1SC[C@@H]1C[C@H](c2ccc(CO)cc2)O[C@H](c2ccc(-c3ccccc3CNC(=O)CCCCCCC(=O)NO)cc2)O1. The molecule has 2 heterocycles. The predicted molar refractivity (Wildman–Crippen MR) is 179 cm³/mol. The summed E-state index contributed by atoms with van der Waals surface area (Å²) in [6.07, 6.45) is 3.56. The molecule has 4 N–H and O–H groups in total. The van der Waals surface area contributed by atoms with Crippen molar-refractivity contribution >= 4 is 23.6 Å². The number of amides is 2. The molecule has 0 radical (unpaired) electrons. The minimum atomic E-state index is -0.583. The number of hydroxylamine groups is 1. The van der Waals surface area contributed by atoms with Gasteiger partial charge in [-0.1, -0.05) is 97.4 Å². The predicted octanol–water partition coefficient (Wildman–Crippen LogP) is 5.17. The van der Waals surface area contributed by atoms with Crippen molar-refractivity contribution in [3.63, 3.8) is 0 Å². The number of aliphatic hydroxyl groups excluding tert-OH is 1. The third-order valence-corrected chi connectivity index (χ3v) is 9.41. The van der Waals surface area contributed by atoms with Crippen molar-refractivity contribution in [2.24, 2.45) is 7.05 Å². The number of ether oxygens (including phenoxy) is 2. The van der Waals surface area contributed by atoms with E-state index in [4.69, 9.17) is 14.7 Å². The van der Waals surface area contributed by atoms with Crippen molar-refractivity contribution in [2.75, 3.05) is 5.75 Å². The number of aryl methyl sites for hydroxylation is 1. The highest BCUT2D eigenvalue weighted by molar-refractivity contribution is 7.99. The standard InChI is InChI=1S/C35H42N6O6S/c1-41-35(37-39-40-41)48-23-29-20-31(26-14-12-24(22-42)13-15-26)47-34(46-29)27-18-16-25(17-19-27)30-9-7-6-8-28(30)21-36-32(43)10-4-2-3-5-11-33(44)38-45/h6-9,12-19,29,31,34,42,45H,2-5,10-11,20-23H2,1H3,(H,36,43)(H,38,44)/t29-,31+,34+/m0/s1. The van der Waals surface area contributed by atoms with Crippen molar-refractivity contribution < 1.29 is 29.4 Å². The molecule has 13 heteroatoms. The number of nitrogens with one attached hydrogen (secondary N) is 2. The van der Waals surface area contributed by atoms with Gasteiger partial charge in [0, 0.05) is 44.2 Å². The van der Waals surface area contributed by atoms with Crippen molar-refractivity contribution in [1.29, 1.82) is 0 Å². The average Bonchev–Trinajstić information content (AvgIpc) is 3.55. The summed E-state index contributed by atoms with van der Waals surface area (Å²) >= 11 is 1.54. The van der Waals surface area contributed by atoms with E-state index >= 15 is 0 Å². The highest BCUT2D eigenvalue weighted by atomic mass is 32.2. The minimum absolute atomic E-state index is 0.0106. The number of hydrogen-bond donors (Lipinski definition) is 4. The highest BCUT2D eigenvalue weighted by Crippen LogP contribution is 2.39. The molecular formula is C35H42N6O6S. The molecule has 2 amide bonds. The molecule has 0 bridgehead atoms. The van der Waals surface area contributed by atoms with Crippen LogP contribution in [0.4, 0.5) is 0 Å². The van der Waals surface area contributed by atoms with Gasteiger partial charge in [0.2, 0.25) is 17.0 Å². The van der Waals surface area contributed by atoms with Gasteiger partial charge in [-0.05, 0) is 51.1 Å². The molecule has 4 aromatic rings. The Morgan fingerprint density at radius 3 is 2.31 bits per heavy atom. The Morgan fingerprint density at radius 2 is 1.62 bits per heavy atom. The van der Waals surface area contributed by atoms with Crippen molar-refractivity contribution in [2.45, 2.75) is 81.8 Å². The van der Waals surface area contributed by atoms with Crippen molar-refractivity contribution in [3.8, 4) is 11.1 Å². The number of nitrogens with zero attached hydrogens (tertiary/aromatic N) is 4. The maximum Gasteiger partial charge on any atom is 0.243 e. The van der Waals surface area contributed by atoms with Crippen molar-refractivity contribution in [1.82, 2.24) is 31.0 Å². The zero-order chi connectivity index (χ0) is 33.7. The topological polar surface area (TPSA) is 161 Å². The van der Waals surface area contributed by atoms with E-state index in [0.717, 1.165) is 52.6 Å². The summed E-state index contributed by atoms with van der Waals surface area (Å²) in [5.74, 6) is 0.256. The summed E-state index contributed by atoms with van der Waals surface area (Å²) < 4.78 is 14.6. The molecule has 254 valence electrons. The smallest absolute Gasteiger partial charge is 0.243 e. The first-order valence-electron chi connectivity index (χ1n) is 16.2. The fourth-order valence-corrected chi connectivity index (χ4v) is 6.44. The summed E-state index contributed by atoms with van der Waals surface area (Å²) in [6.45, 7) is 0.403. The second kappa shape index (κ2) is 17.9. The number of thioether (sulfide) groups is 1. The molecule has 1 fully saturated rings.